The molecule has 1 N–H and O–H groups in total. The van der Waals surface area contributed by atoms with Gasteiger partial charge in [0.15, 0.2) is 0 Å². The first-order valence-corrected chi connectivity index (χ1v) is 7.20. The number of thiophene rings is 1. The molecule has 2 aromatic heterocycles. The smallest absolute Gasteiger partial charge is 0.310 e. The highest BCUT2D eigenvalue weighted by Crippen LogP contribution is 2.26. The Morgan fingerprint density at radius 3 is 2.80 bits per heavy atom. The van der Waals surface area contributed by atoms with E-state index in [1.807, 2.05) is 47.8 Å². The number of rotatable bonds is 3. The molecule has 0 aliphatic rings. The van der Waals surface area contributed by atoms with Crippen LogP contribution in [0.1, 0.15) is 18.4 Å². The number of carboxylic acid groups (broad SMARTS) is 1. The molecule has 1 aromatic carbocycles. The van der Waals surface area contributed by atoms with Gasteiger partial charge in [0, 0.05) is 5.39 Å². The number of aromatic nitrogens is 1. The fraction of sp³-hybridized carbons (Fsp3) is 0.125. The van der Waals surface area contributed by atoms with Gasteiger partial charge in [-0.15, -0.1) is 11.3 Å². The first-order chi connectivity index (χ1) is 9.65. The van der Waals surface area contributed by atoms with Gasteiger partial charge < -0.3 is 5.11 Å². The molecule has 0 fully saturated rings. The van der Waals surface area contributed by atoms with Crippen molar-refractivity contribution in [3.05, 3.63) is 53.4 Å². The summed E-state index contributed by atoms with van der Waals surface area (Å²) in [5.74, 6) is -1.32. The van der Waals surface area contributed by atoms with Crippen LogP contribution in [-0.4, -0.2) is 16.1 Å². The van der Waals surface area contributed by atoms with Crippen LogP contribution in [0.25, 0.3) is 21.5 Å². The van der Waals surface area contributed by atoms with Gasteiger partial charge in [-0.1, -0.05) is 18.2 Å². The van der Waals surface area contributed by atoms with Crippen molar-refractivity contribution in [1.82, 2.24) is 4.98 Å². The van der Waals surface area contributed by atoms with E-state index in [-0.39, 0.29) is 0 Å². The van der Waals surface area contributed by atoms with E-state index in [9.17, 15) is 4.79 Å². The standard InChI is InChI=1S/C16H13NO2S/c1-10(16(18)19)11-4-6-13-12(9-11)5-7-14(17-13)15-3-2-8-20-15/h2-10H,1H3,(H,18,19). The molecule has 3 nitrogen and oxygen atoms in total. The summed E-state index contributed by atoms with van der Waals surface area (Å²) in [4.78, 5) is 16.8. The monoisotopic (exact) mass is 283 g/mol. The van der Waals surface area contributed by atoms with Gasteiger partial charge in [-0.25, -0.2) is 4.98 Å². The molecule has 4 heteroatoms. The van der Waals surface area contributed by atoms with E-state index in [4.69, 9.17) is 5.11 Å². The molecule has 0 amide bonds. The van der Waals surface area contributed by atoms with Gasteiger partial charge in [0.25, 0.3) is 0 Å². The summed E-state index contributed by atoms with van der Waals surface area (Å²) in [6.45, 7) is 1.69. The zero-order chi connectivity index (χ0) is 14.1. The average Bonchev–Trinajstić information content (AvgIpc) is 2.99. The molecule has 100 valence electrons. The largest absolute Gasteiger partial charge is 0.481 e. The lowest BCUT2D eigenvalue weighted by molar-refractivity contribution is -0.138. The minimum absolute atomic E-state index is 0.503. The van der Waals surface area contributed by atoms with Gasteiger partial charge >= 0.3 is 5.97 Å². The minimum Gasteiger partial charge on any atom is -0.481 e. The van der Waals surface area contributed by atoms with Crippen LogP contribution in [0.4, 0.5) is 0 Å². The third-order valence-electron chi connectivity index (χ3n) is 3.36. The van der Waals surface area contributed by atoms with Crippen molar-refractivity contribution in [1.29, 1.82) is 0 Å². The molecule has 1 atom stereocenters. The third kappa shape index (κ3) is 2.30. The van der Waals surface area contributed by atoms with E-state index in [1.165, 1.54) is 0 Å². The van der Waals surface area contributed by atoms with Crippen LogP contribution in [0.5, 0.6) is 0 Å². The average molecular weight is 283 g/mol. The summed E-state index contributed by atoms with van der Waals surface area (Å²) >= 11 is 1.66. The number of fused-ring (bicyclic) bond motifs is 1. The summed E-state index contributed by atoms with van der Waals surface area (Å²) in [6.07, 6.45) is 0. The molecule has 3 aromatic rings. The van der Waals surface area contributed by atoms with Crippen LogP contribution < -0.4 is 0 Å². The molecular formula is C16H13NO2S. The lowest BCUT2D eigenvalue weighted by atomic mass is 9.99. The summed E-state index contributed by atoms with van der Waals surface area (Å²) in [7, 11) is 0. The van der Waals surface area contributed by atoms with Crippen molar-refractivity contribution in [2.45, 2.75) is 12.8 Å². The van der Waals surface area contributed by atoms with Crippen LogP contribution in [-0.2, 0) is 4.79 Å². The lowest BCUT2D eigenvalue weighted by Crippen LogP contribution is -2.07. The van der Waals surface area contributed by atoms with E-state index in [2.05, 4.69) is 4.98 Å². The number of aliphatic carboxylic acids is 1. The van der Waals surface area contributed by atoms with Gasteiger partial charge in [-0.2, -0.15) is 0 Å². The Morgan fingerprint density at radius 1 is 1.25 bits per heavy atom. The van der Waals surface area contributed by atoms with Crippen LogP contribution in [0.3, 0.4) is 0 Å². The van der Waals surface area contributed by atoms with Crippen LogP contribution in [0.15, 0.2) is 47.8 Å². The molecule has 0 radical (unpaired) electrons. The zero-order valence-electron chi connectivity index (χ0n) is 10.9. The second-order valence-electron chi connectivity index (χ2n) is 4.69. The fourth-order valence-electron chi connectivity index (χ4n) is 2.12. The van der Waals surface area contributed by atoms with Gasteiger partial charge in [-0.05, 0) is 42.1 Å². The van der Waals surface area contributed by atoms with Crippen LogP contribution in [0.2, 0.25) is 0 Å². The Labute approximate surface area is 120 Å². The highest BCUT2D eigenvalue weighted by atomic mass is 32.1. The van der Waals surface area contributed by atoms with Crippen molar-refractivity contribution < 1.29 is 9.90 Å². The van der Waals surface area contributed by atoms with Crippen molar-refractivity contribution in [2.24, 2.45) is 0 Å². The van der Waals surface area contributed by atoms with E-state index in [1.54, 1.807) is 18.3 Å². The SMILES string of the molecule is CC(C(=O)O)c1ccc2nc(-c3cccs3)ccc2c1. The van der Waals surface area contributed by atoms with Gasteiger partial charge in [0.1, 0.15) is 0 Å². The number of carboxylic acids is 1. The van der Waals surface area contributed by atoms with E-state index < -0.39 is 11.9 Å². The van der Waals surface area contributed by atoms with Crippen molar-refractivity contribution in [2.75, 3.05) is 0 Å². The Balaban J connectivity index is 2.05. The van der Waals surface area contributed by atoms with E-state index in [0.29, 0.717) is 0 Å². The van der Waals surface area contributed by atoms with Gasteiger partial charge in [-0.3, -0.25) is 4.79 Å². The van der Waals surface area contributed by atoms with Gasteiger partial charge in [0.05, 0.1) is 22.0 Å². The van der Waals surface area contributed by atoms with Crippen molar-refractivity contribution >= 4 is 28.2 Å². The Kier molecular flexibility index (Phi) is 3.24. The Morgan fingerprint density at radius 2 is 2.10 bits per heavy atom. The molecule has 1 unspecified atom stereocenters. The molecule has 0 saturated carbocycles. The molecule has 2 heterocycles. The first kappa shape index (κ1) is 12.8. The molecular weight excluding hydrogens is 270 g/mol. The maximum Gasteiger partial charge on any atom is 0.310 e. The minimum atomic E-state index is -0.812. The summed E-state index contributed by atoms with van der Waals surface area (Å²) in [5.41, 5.74) is 2.64. The molecule has 20 heavy (non-hydrogen) atoms. The number of hydrogen-bond donors (Lipinski definition) is 1. The fourth-order valence-corrected chi connectivity index (χ4v) is 2.81. The van der Waals surface area contributed by atoms with Crippen molar-refractivity contribution in [3.63, 3.8) is 0 Å². The number of benzene rings is 1. The molecule has 0 aliphatic heterocycles. The number of hydrogen-bond acceptors (Lipinski definition) is 3. The topological polar surface area (TPSA) is 50.2 Å². The predicted molar refractivity (Wildman–Crippen MR) is 81.1 cm³/mol. The van der Waals surface area contributed by atoms with Crippen LogP contribution in [0, 0.1) is 0 Å². The molecule has 0 saturated heterocycles. The molecule has 0 aliphatic carbocycles. The maximum atomic E-state index is 11.0. The molecule has 3 rings (SSSR count). The normalized spacial score (nSPS) is 12.4. The predicted octanol–water partition coefficient (Wildman–Crippen LogP) is 4.15. The zero-order valence-corrected chi connectivity index (χ0v) is 11.7. The number of pyridine rings is 1. The van der Waals surface area contributed by atoms with Crippen molar-refractivity contribution in [3.8, 4) is 10.6 Å². The molecule has 0 spiro atoms. The third-order valence-corrected chi connectivity index (χ3v) is 4.25. The summed E-state index contributed by atoms with van der Waals surface area (Å²) < 4.78 is 0. The van der Waals surface area contributed by atoms with E-state index in [0.717, 1.165) is 27.0 Å². The van der Waals surface area contributed by atoms with Crippen LogP contribution >= 0.6 is 11.3 Å². The van der Waals surface area contributed by atoms with E-state index >= 15 is 0 Å². The Hall–Kier alpha value is -2.20. The molecule has 0 bridgehead atoms. The first-order valence-electron chi connectivity index (χ1n) is 6.32. The number of carbonyl (C=O) groups is 1. The summed E-state index contributed by atoms with van der Waals surface area (Å²) in [6, 6.07) is 13.6. The second-order valence-corrected chi connectivity index (χ2v) is 5.63. The highest BCUT2D eigenvalue weighted by Gasteiger charge is 2.14. The maximum absolute atomic E-state index is 11.0. The second kappa shape index (κ2) is 5.06. The lowest BCUT2D eigenvalue weighted by Gasteiger charge is -2.08. The Bertz CT molecular complexity index is 765. The highest BCUT2D eigenvalue weighted by molar-refractivity contribution is 7.13. The quantitative estimate of drug-likeness (QED) is 0.785. The summed E-state index contributed by atoms with van der Waals surface area (Å²) in [5, 5.41) is 12.1. The number of nitrogens with zero attached hydrogens (tertiary/aromatic N) is 1. The van der Waals surface area contributed by atoms with Gasteiger partial charge in [0.2, 0.25) is 0 Å².